The standard InChI is InChI=1S/C31H31NO6S/c1-38-26-10-6-3-7-20(26)17-28(33)32-18-27-30(21-11-13-22(14-12-21)39(2,36)37)16-15-25(31(27,19-32)29(34)35)23-8-4-5-9-24(23)30/h3-14,25,27H,15-19H2,1-2H3,(H,34,35)/t25-,27-,30-,31-/m0/s1. The third-order valence-electron chi connectivity index (χ3n) is 9.42. The highest BCUT2D eigenvalue weighted by Gasteiger charge is 2.70. The molecule has 7 nitrogen and oxygen atoms in total. The zero-order chi connectivity index (χ0) is 27.6. The van der Waals surface area contributed by atoms with Gasteiger partial charge in [0.15, 0.2) is 9.84 Å². The van der Waals surface area contributed by atoms with E-state index >= 15 is 0 Å². The van der Waals surface area contributed by atoms with E-state index in [4.69, 9.17) is 4.74 Å². The van der Waals surface area contributed by atoms with Gasteiger partial charge < -0.3 is 14.7 Å². The van der Waals surface area contributed by atoms with Crippen LogP contribution in [0.5, 0.6) is 5.75 Å². The minimum absolute atomic E-state index is 0.124. The van der Waals surface area contributed by atoms with Gasteiger partial charge in [0.25, 0.3) is 0 Å². The summed E-state index contributed by atoms with van der Waals surface area (Å²) in [6.07, 6.45) is 2.72. The van der Waals surface area contributed by atoms with E-state index in [1.165, 1.54) is 6.26 Å². The minimum atomic E-state index is -3.38. The Morgan fingerprint density at radius 1 is 1.03 bits per heavy atom. The molecule has 2 fully saturated rings. The molecule has 2 bridgehead atoms. The predicted octanol–water partition coefficient (Wildman–Crippen LogP) is 4.05. The maximum absolute atomic E-state index is 13.7. The summed E-state index contributed by atoms with van der Waals surface area (Å²) in [4.78, 5) is 29.0. The summed E-state index contributed by atoms with van der Waals surface area (Å²) < 4.78 is 29.8. The first-order valence-electron chi connectivity index (χ1n) is 13.2. The van der Waals surface area contributed by atoms with Gasteiger partial charge in [0, 0.05) is 42.2 Å². The number of para-hydroxylation sites is 1. The average Bonchev–Trinajstić information content (AvgIpc) is 3.38. The van der Waals surface area contributed by atoms with Crippen molar-refractivity contribution in [1.82, 2.24) is 4.90 Å². The number of carboxylic acid groups (broad SMARTS) is 1. The molecule has 1 saturated heterocycles. The smallest absolute Gasteiger partial charge is 0.312 e. The molecule has 0 aromatic heterocycles. The summed E-state index contributed by atoms with van der Waals surface area (Å²) in [6, 6.07) is 22.3. The van der Waals surface area contributed by atoms with E-state index in [1.54, 1.807) is 24.1 Å². The molecule has 39 heavy (non-hydrogen) atoms. The van der Waals surface area contributed by atoms with Crippen LogP contribution in [0.15, 0.2) is 77.7 Å². The third-order valence-corrected chi connectivity index (χ3v) is 10.5. The first-order chi connectivity index (χ1) is 18.6. The molecule has 3 aromatic carbocycles. The number of rotatable bonds is 6. The highest BCUT2D eigenvalue weighted by Crippen LogP contribution is 2.69. The summed E-state index contributed by atoms with van der Waals surface area (Å²) in [6.45, 7) is 0.460. The van der Waals surface area contributed by atoms with Crippen molar-refractivity contribution in [2.24, 2.45) is 11.3 Å². The molecule has 202 valence electrons. The summed E-state index contributed by atoms with van der Waals surface area (Å²) >= 11 is 0. The Labute approximate surface area is 228 Å². The number of carbonyl (C=O) groups is 2. The number of hydrogen-bond donors (Lipinski definition) is 1. The lowest BCUT2D eigenvalue weighted by Crippen LogP contribution is -2.60. The molecule has 0 spiro atoms. The molecule has 4 aliphatic rings. The van der Waals surface area contributed by atoms with E-state index in [2.05, 4.69) is 6.07 Å². The maximum Gasteiger partial charge on any atom is 0.312 e. The van der Waals surface area contributed by atoms with E-state index in [0.29, 0.717) is 18.7 Å². The van der Waals surface area contributed by atoms with Crippen LogP contribution >= 0.6 is 0 Å². The fourth-order valence-electron chi connectivity index (χ4n) is 7.77. The Morgan fingerprint density at radius 3 is 2.41 bits per heavy atom. The number of nitrogens with zero attached hydrogens (tertiary/aromatic N) is 1. The SMILES string of the molecule is COc1ccccc1CC(=O)N1C[C@H]2[C@]3(c4ccc(S(C)(=O)=O)cc4)CC[C@@H](c4ccccc43)[C@@]2(C(=O)O)C1. The van der Waals surface area contributed by atoms with Crippen molar-refractivity contribution >= 4 is 21.7 Å². The van der Waals surface area contributed by atoms with Crippen molar-refractivity contribution in [3.63, 3.8) is 0 Å². The van der Waals surface area contributed by atoms with E-state index in [-0.39, 0.29) is 35.6 Å². The molecule has 0 unspecified atom stereocenters. The fourth-order valence-corrected chi connectivity index (χ4v) is 8.40. The number of carbonyl (C=O) groups excluding carboxylic acids is 1. The summed E-state index contributed by atoms with van der Waals surface area (Å²) in [5.74, 6) is -0.943. The van der Waals surface area contributed by atoms with Crippen LogP contribution in [0.25, 0.3) is 0 Å². The van der Waals surface area contributed by atoms with Crippen molar-refractivity contribution in [2.45, 2.75) is 35.5 Å². The van der Waals surface area contributed by atoms with Gasteiger partial charge in [0.2, 0.25) is 5.91 Å². The Bertz CT molecular complexity index is 1580. The fraction of sp³-hybridized carbons (Fsp3) is 0.355. The number of aliphatic carboxylic acids is 1. The van der Waals surface area contributed by atoms with Gasteiger partial charge in [-0.25, -0.2) is 8.42 Å². The van der Waals surface area contributed by atoms with Gasteiger partial charge in [-0.1, -0.05) is 54.6 Å². The maximum atomic E-state index is 13.7. The number of methoxy groups -OCH3 is 1. The Balaban J connectivity index is 1.47. The van der Waals surface area contributed by atoms with Gasteiger partial charge in [0.1, 0.15) is 5.75 Å². The summed E-state index contributed by atoms with van der Waals surface area (Å²) in [5.41, 5.74) is 1.98. The minimum Gasteiger partial charge on any atom is -0.496 e. The van der Waals surface area contributed by atoms with Gasteiger partial charge >= 0.3 is 5.97 Å². The van der Waals surface area contributed by atoms with Gasteiger partial charge in [-0.3, -0.25) is 9.59 Å². The van der Waals surface area contributed by atoms with Crippen LogP contribution in [0.1, 0.15) is 41.0 Å². The second kappa shape index (κ2) is 8.95. The first kappa shape index (κ1) is 25.6. The number of carboxylic acids is 1. The second-order valence-corrected chi connectivity index (χ2v) is 13.1. The molecule has 1 aliphatic heterocycles. The molecular formula is C31H31NO6S. The monoisotopic (exact) mass is 545 g/mol. The van der Waals surface area contributed by atoms with Crippen LogP contribution in [0.2, 0.25) is 0 Å². The lowest BCUT2D eigenvalue weighted by molar-refractivity contribution is -0.157. The molecule has 1 saturated carbocycles. The van der Waals surface area contributed by atoms with Gasteiger partial charge in [-0.15, -0.1) is 0 Å². The first-order valence-corrected chi connectivity index (χ1v) is 15.0. The number of likely N-dealkylation sites (tertiary alicyclic amines) is 1. The highest BCUT2D eigenvalue weighted by atomic mass is 32.2. The summed E-state index contributed by atoms with van der Waals surface area (Å²) in [5, 5.41) is 10.9. The van der Waals surface area contributed by atoms with Gasteiger partial charge in [-0.2, -0.15) is 0 Å². The Hall–Kier alpha value is -3.65. The zero-order valence-corrected chi connectivity index (χ0v) is 22.8. The van der Waals surface area contributed by atoms with E-state index in [1.807, 2.05) is 54.6 Å². The average molecular weight is 546 g/mol. The molecule has 1 amide bonds. The van der Waals surface area contributed by atoms with Crippen molar-refractivity contribution in [2.75, 3.05) is 26.5 Å². The summed E-state index contributed by atoms with van der Waals surface area (Å²) in [7, 11) is -1.81. The molecule has 3 aliphatic carbocycles. The van der Waals surface area contributed by atoms with E-state index in [9.17, 15) is 23.1 Å². The topological polar surface area (TPSA) is 101 Å². The van der Waals surface area contributed by atoms with E-state index in [0.717, 1.165) is 28.7 Å². The molecule has 8 heteroatoms. The second-order valence-electron chi connectivity index (χ2n) is 11.1. The third kappa shape index (κ3) is 3.64. The lowest BCUT2D eigenvalue weighted by atomic mass is 9.42. The number of benzene rings is 3. The van der Waals surface area contributed by atoms with Gasteiger partial charge in [-0.05, 0) is 47.7 Å². The number of hydrogen-bond acceptors (Lipinski definition) is 5. The molecule has 4 atom stereocenters. The van der Waals surface area contributed by atoms with Crippen LogP contribution in [-0.4, -0.2) is 56.8 Å². The quantitative estimate of drug-likeness (QED) is 0.502. The number of sulfone groups is 1. The number of ether oxygens (including phenoxy) is 1. The molecule has 0 radical (unpaired) electrons. The largest absolute Gasteiger partial charge is 0.496 e. The zero-order valence-electron chi connectivity index (χ0n) is 22.0. The molecular weight excluding hydrogens is 514 g/mol. The van der Waals surface area contributed by atoms with Crippen molar-refractivity contribution in [3.05, 3.63) is 95.1 Å². The van der Waals surface area contributed by atoms with Crippen LogP contribution < -0.4 is 4.74 Å². The van der Waals surface area contributed by atoms with Crippen LogP contribution in [-0.2, 0) is 31.3 Å². The lowest BCUT2D eigenvalue weighted by Gasteiger charge is -2.59. The van der Waals surface area contributed by atoms with Crippen LogP contribution in [0.4, 0.5) is 0 Å². The Morgan fingerprint density at radius 2 is 1.72 bits per heavy atom. The van der Waals surface area contributed by atoms with E-state index < -0.39 is 26.6 Å². The number of amides is 1. The van der Waals surface area contributed by atoms with Crippen LogP contribution in [0, 0.1) is 11.3 Å². The number of fused-ring (bicyclic) bond motifs is 1. The Kier molecular flexibility index (Phi) is 5.88. The molecule has 7 rings (SSSR count). The van der Waals surface area contributed by atoms with Crippen LogP contribution in [0.3, 0.4) is 0 Å². The van der Waals surface area contributed by atoms with Crippen molar-refractivity contribution < 1.29 is 27.9 Å². The predicted molar refractivity (Wildman–Crippen MR) is 146 cm³/mol. The normalized spacial score (nSPS) is 27.1. The van der Waals surface area contributed by atoms with Crippen molar-refractivity contribution in [1.29, 1.82) is 0 Å². The molecule has 3 aromatic rings. The highest BCUT2D eigenvalue weighted by molar-refractivity contribution is 7.90. The molecule has 1 heterocycles. The van der Waals surface area contributed by atoms with Crippen molar-refractivity contribution in [3.8, 4) is 5.75 Å². The molecule has 1 N–H and O–H groups in total. The van der Waals surface area contributed by atoms with Gasteiger partial charge in [0.05, 0.1) is 23.8 Å².